The molecule has 0 saturated heterocycles. The summed E-state index contributed by atoms with van der Waals surface area (Å²) in [6, 6.07) is 11.7. The first-order chi connectivity index (χ1) is 8.65. The highest BCUT2D eigenvalue weighted by Gasteiger charge is 2.12. The SMILES string of the molecule is Oc1c(I)cc(I)cc1-c1nc2ccccc2[nH]1. The fourth-order valence-electron chi connectivity index (χ4n) is 1.83. The molecule has 3 nitrogen and oxygen atoms in total. The average Bonchev–Trinajstić information content (AvgIpc) is 2.77. The second kappa shape index (κ2) is 4.69. The molecule has 3 aromatic rings. The molecule has 90 valence electrons. The number of phenolic OH excluding ortho intramolecular Hbond substituents is 1. The number of imidazole rings is 1. The van der Waals surface area contributed by atoms with Gasteiger partial charge in [0.2, 0.25) is 0 Å². The van der Waals surface area contributed by atoms with Crippen molar-refractivity contribution in [1.29, 1.82) is 0 Å². The van der Waals surface area contributed by atoms with Gasteiger partial charge in [0.15, 0.2) is 0 Å². The van der Waals surface area contributed by atoms with E-state index >= 15 is 0 Å². The first-order valence-electron chi connectivity index (χ1n) is 5.28. The molecule has 0 fully saturated rings. The number of hydrogen-bond acceptors (Lipinski definition) is 2. The predicted octanol–water partition coefficient (Wildman–Crippen LogP) is 4.14. The molecule has 0 aliphatic rings. The van der Waals surface area contributed by atoms with Gasteiger partial charge in [-0.15, -0.1) is 0 Å². The third kappa shape index (κ3) is 2.09. The lowest BCUT2D eigenvalue weighted by Crippen LogP contribution is -1.86. The molecule has 0 spiro atoms. The van der Waals surface area contributed by atoms with E-state index < -0.39 is 0 Å². The lowest BCUT2D eigenvalue weighted by molar-refractivity contribution is 0.473. The Balaban J connectivity index is 2.26. The molecule has 0 bridgehead atoms. The van der Waals surface area contributed by atoms with Crippen molar-refractivity contribution >= 4 is 56.2 Å². The maximum Gasteiger partial charge on any atom is 0.142 e. The second-order valence-electron chi connectivity index (χ2n) is 3.89. The van der Waals surface area contributed by atoms with Gasteiger partial charge < -0.3 is 10.1 Å². The maximum absolute atomic E-state index is 10.1. The number of rotatable bonds is 1. The van der Waals surface area contributed by atoms with Crippen LogP contribution in [0.4, 0.5) is 0 Å². The number of nitrogens with zero attached hydrogens (tertiary/aromatic N) is 1. The standard InChI is InChI=1S/C13H8I2N2O/c14-7-5-8(12(18)9(15)6-7)13-16-10-3-1-2-4-11(10)17-13/h1-6,18H,(H,16,17). The number of fused-ring (bicyclic) bond motifs is 1. The molecule has 0 atom stereocenters. The van der Waals surface area contributed by atoms with E-state index in [0.29, 0.717) is 5.82 Å². The Hall–Kier alpha value is -0.830. The van der Waals surface area contributed by atoms with Crippen LogP contribution >= 0.6 is 45.2 Å². The van der Waals surface area contributed by atoms with Crippen LogP contribution in [0.5, 0.6) is 5.75 Å². The van der Waals surface area contributed by atoms with Crippen LogP contribution in [0.15, 0.2) is 36.4 Å². The molecule has 18 heavy (non-hydrogen) atoms. The van der Waals surface area contributed by atoms with Crippen molar-refractivity contribution in [3.63, 3.8) is 0 Å². The summed E-state index contributed by atoms with van der Waals surface area (Å²) in [6.45, 7) is 0. The van der Waals surface area contributed by atoms with Gasteiger partial charge in [-0.05, 0) is 69.4 Å². The van der Waals surface area contributed by atoms with Gasteiger partial charge in [0.05, 0.1) is 20.2 Å². The highest BCUT2D eigenvalue weighted by molar-refractivity contribution is 14.1. The van der Waals surface area contributed by atoms with Gasteiger partial charge in [-0.3, -0.25) is 0 Å². The molecular weight excluding hydrogens is 454 g/mol. The number of H-pyrrole nitrogens is 1. The van der Waals surface area contributed by atoms with Crippen molar-refractivity contribution in [1.82, 2.24) is 9.97 Å². The van der Waals surface area contributed by atoms with E-state index in [1.54, 1.807) is 0 Å². The van der Waals surface area contributed by atoms with Crippen LogP contribution in [0.1, 0.15) is 0 Å². The smallest absolute Gasteiger partial charge is 0.142 e. The quantitative estimate of drug-likeness (QED) is 0.535. The zero-order chi connectivity index (χ0) is 12.7. The van der Waals surface area contributed by atoms with E-state index in [9.17, 15) is 5.11 Å². The summed E-state index contributed by atoms with van der Waals surface area (Å²) in [5.74, 6) is 0.972. The van der Waals surface area contributed by atoms with Crippen LogP contribution in [0.2, 0.25) is 0 Å². The largest absolute Gasteiger partial charge is 0.506 e. The Morgan fingerprint density at radius 2 is 1.89 bits per heavy atom. The second-order valence-corrected chi connectivity index (χ2v) is 6.29. The van der Waals surface area contributed by atoms with Crippen LogP contribution in [-0.2, 0) is 0 Å². The number of hydrogen-bond donors (Lipinski definition) is 2. The van der Waals surface area contributed by atoms with E-state index in [4.69, 9.17) is 0 Å². The van der Waals surface area contributed by atoms with Crippen molar-refractivity contribution in [2.24, 2.45) is 0 Å². The number of para-hydroxylation sites is 2. The summed E-state index contributed by atoms with van der Waals surface area (Å²) >= 11 is 4.36. The number of halogens is 2. The van der Waals surface area contributed by atoms with Gasteiger partial charge in [0.1, 0.15) is 11.6 Å². The fourth-order valence-corrected chi connectivity index (χ4v) is 3.67. The van der Waals surface area contributed by atoms with E-state index in [-0.39, 0.29) is 5.75 Å². The third-order valence-electron chi connectivity index (χ3n) is 2.67. The minimum atomic E-state index is 0.273. The van der Waals surface area contributed by atoms with Crippen LogP contribution in [0.3, 0.4) is 0 Å². The number of aromatic amines is 1. The van der Waals surface area contributed by atoms with Crippen molar-refractivity contribution in [3.05, 3.63) is 43.5 Å². The topological polar surface area (TPSA) is 48.9 Å². The van der Waals surface area contributed by atoms with Crippen LogP contribution < -0.4 is 0 Å². The summed E-state index contributed by atoms with van der Waals surface area (Å²) < 4.78 is 1.90. The van der Waals surface area contributed by atoms with E-state index in [1.165, 1.54) is 0 Å². The van der Waals surface area contributed by atoms with Crippen molar-refractivity contribution in [2.45, 2.75) is 0 Å². The summed E-state index contributed by atoms with van der Waals surface area (Å²) in [5, 5.41) is 10.1. The van der Waals surface area contributed by atoms with Crippen molar-refractivity contribution < 1.29 is 5.11 Å². The van der Waals surface area contributed by atoms with E-state index in [1.807, 2.05) is 36.4 Å². The molecule has 0 saturated carbocycles. The molecule has 0 radical (unpaired) electrons. The van der Waals surface area contributed by atoms with Crippen molar-refractivity contribution in [2.75, 3.05) is 0 Å². The van der Waals surface area contributed by atoms with Gasteiger partial charge in [0, 0.05) is 3.57 Å². The first-order valence-corrected chi connectivity index (χ1v) is 7.44. The number of aromatic nitrogens is 2. The van der Waals surface area contributed by atoms with Crippen LogP contribution in [0.25, 0.3) is 22.4 Å². The zero-order valence-corrected chi connectivity index (χ0v) is 13.4. The van der Waals surface area contributed by atoms with Gasteiger partial charge in [-0.2, -0.15) is 0 Å². The van der Waals surface area contributed by atoms with E-state index in [2.05, 4.69) is 55.1 Å². The molecule has 5 heteroatoms. The monoisotopic (exact) mass is 462 g/mol. The van der Waals surface area contributed by atoms with Gasteiger partial charge in [-0.1, -0.05) is 12.1 Å². The van der Waals surface area contributed by atoms with Gasteiger partial charge >= 0.3 is 0 Å². The number of nitrogens with one attached hydrogen (secondary N) is 1. The lowest BCUT2D eigenvalue weighted by atomic mass is 10.2. The third-order valence-corrected chi connectivity index (χ3v) is 4.12. The van der Waals surface area contributed by atoms with E-state index in [0.717, 1.165) is 23.7 Å². The Morgan fingerprint density at radius 3 is 2.67 bits per heavy atom. The lowest BCUT2D eigenvalue weighted by Gasteiger charge is -2.04. The highest BCUT2D eigenvalue weighted by atomic mass is 127. The molecule has 1 aromatic heterocycles. The normalized spacial score (nSPS) is 11.0. The molecule has 0 aliphatic carbocycles. The summed E-state index contributed by atoms with van der Waals surface area (Å²) in [7, 11) is 0. The molecule has 2 aromatic carbocycles. The molecule has 0 amide bonds. The zero-order valence-electron chi connectivity index (χ0n) is 9.11. The van der Waals surface area contributed by atoms with Gasteiger partial charge in [0.25, 0.3) is 0 Å². The molecule has 0 aliphatic heterocycles. The minimum absolute atomic E-state index is 0.273. The van der Waals surface area contributed by atoms with Crippen LogP contribution in [-0.4, -0.2) is 15.1 Å². The Bertz CT molecular complexity index is 704. The Labute approximate surface area is 131 Å². The summed E-state index contributed by atoms with van der Waals surface area (Å²) in [6.07, 6.45) is 0. The Morgan fingerprint density at radius 1 is 1.11 bits per heavy atom. The first kappa shape index (κ1) is 12.2. The van der Waals surface area contributed by atoms with Gasteiger partial charge in [-0.25, -0.2) is 4.98 Å². The number of benzene rings is 2. The van der Waals surface area contributed by atoms with Crippen LogP contribution in [0, 0.1) is 7.14 Å². The Kier molecular flexibility index (Phi) is 3.18. The molecule has 3 rings (SSSR count). The molecule has 1 heterocycles. The fraction of sp³-hybridized carbons (Fsp3) is 0. The molecule has 0 unspecified atom stereocenters. The highest BCUT2D eigenvalue weighted by Crippen LogP contribution is 2.34. The van der Waals surface area contributed by atoms with Crippen molar-refractivity contribution in [3.8, 4) is 17.1 Å². The summed E-state index contributed by atoms with van der Waals surface area (Å²) in [4.78, 5) is 7.73. The minimum Gasteiger partial charge on any atom is -0.506 e. The summed E-state index contributed by atoms with van der Waals surface area (Å²) in [5.41, 5.74) is 2.61. The maximum atomic E-state index is 10.1. The molecule has 2 N–H and O–H groups in total. The number of phenols is 1. The number of aromatic hydroxyl groups is 1. The average molecular weight is 462 g/mol. The molecular formula is C13H8I2N2O. The predicted molar refractivity (Wildman–Crippen MR) is 88.6 cm³/mol.